The highest BCUT2D eigenvalue weighted by Crippen LogP contribution is 2.07. The molecule has 0 aromatic heterocycles. The molecule has 1 unspecified atom stereocenters. The van der Waals surface area contributed by atoms with Crippen LogP contribution in [0, 0.1) is 0 Å². The van der Waals surface area contributed by atoms with Crippen molar-refractivity contribution < 1.29 is 9.90 Å². The van der Waals surface area contributed by atoms with Gasteiger partial charge >= 0.3 is 0 Å². The summed E-state index contributed by atoms with van der Waals surface area (Å²) in [7, 11) is 0. The molecule has 1 aromatic carbocycles. The molecule has 0 aliphatic heterocycles. The summed E-state index contributed by atoms with van der Waals surface area (Å²) >= 11 is 0. The van der Waals surface area contributed by atoms with E-state index >= 15 is 0 Å². The normalized spacial score (nSPS) is 14.5. The molecule has 0 fully saturated rings. The van der Waals surface area contributed by atoms with Crippen molar-refractivity contribution in [2.24, 2.45) is 5.73 Å². The van der Waals surface area contributed by atoms with Gasteiger partial charge in [-0.05, 0) is 18.4 Å². The molecule has 0 spiro atoms. The molecule has 82 valence electrons. The third kappa shape index (κ3) is 4.23. The molecule has 3 N–H and O–H groups in total. The third-order valence-corrected chi connectivity index (χ3v) is 2.39. The van der Waals surface area contributed by atoms with Gasteiger partial charge in [0.2, 0.25) is 0 Å². The second-order valence-corrected chi connectivity index (χ2v) is 3.66. The number of carbonyl (C=O) groups excluding carboxylic acids is 1. The maximum atomic E-state index is 10.1. The fourth-order valence-electron chi connectivity index (χ4n) is 1.48. The number of hydrogen-bond donors (Lipinski definition) is 2. The minimum atomic E-state index is -0.601. The molecule has 0 amide bonds. The lowest BCUT2D eigenvalue weighted by molar-refractivity contribution is -0.108. The van der Waals surface area contributed by atoms with E-state index < -0.39 is 6.10 Å². The Bertz CT molecular complexity index is 287. The molecule has 0 aliphatic carbocycles. The molecule has 3 nitrogen and oxygen atoms in total. The molecule has 0 saturated heterocycles. The largest absolute Gasteiger partial charge is 0.391 e. The predicted octanol–water partition coefficient (Wildman–Crippen LogP) is 0.896. The molecule has 0 bridgehead atoms. The van der Waals surface area contributed by atoms with E-state index in [-0.39, 0.29) is 6.04 Å². The Morgan fingerprint density at radius 1 is 1.33 bits per heavy atom. The summed E-state index contributed by atoms with van der Waals surface area (Å²) in [4.78, 5) is 10.1. The van der Waals surface area contributed by atoms with E-state index in [0.29, 0.717) is 19.3 Å². The maximum absolute atomic E-state index is 10.1. The van der Waals surface area contributed by atoms with Crippen LogP contribution in [0.4, 0.5) is 0 Å². The lowest BCUT2D eigenvalue weighted by Crippen LogP contribution is -2.36. The van der Waals surface area contributed by atoms with Crippen LogP contribution in [0.3, 0.4) is 0 Å². The van der Waals surface area contributed by atoms with Crippen molar-refractivity contribution in [3.63, 3.8) is 0 Å². The SMILES string of the molecule is N[C@@H](Cc1ccccc1)C(O)CCC=O. The first-order valence-corrected chi connectivity index (χ1v) is 5.15. The quantitative estimate of drug-likeness (QED) is 0.681. The monoisotopic (exact) mass is 207 g/mol. The zero-order chi connectivity index (χ0) is 11.1. The van der Waals surface area contributed by atoms with Gasteiger partial charge in [0.25, 0.3) is 0 Å². The Kier molecular flexibility index (Phi) is 5.01. The van der Waals surface area contributed by atoms with Crippen molar-refractivity contribution in [1.29, 1.82) is 0 Å². The van der Waals surface area contributed by atoms with Gasteiger partial charge in [0.15, 0.2) is 0 Å². The smallest absolute Gasteiger partial charge is 0.120 e. The van der Waals surface area contributed by atoms with Crippen LogP contribution in [0.25, 0.3) is 0 Å². The molecule has 0 heterocycles. The molecule has 2 atom stereocenters. The van der Waals surface area contributed by atoms with Gasteiger partial charge in [0, 0.05) is 12.5 Å². The Hall–Kier alpha value is -1.19. The van der Waals surface area contributed by atoms with Gasteiger partial charge in [-0.15, -0.1) is 0 Å². The molecular formula is C12H17NO2. The molecule has 0 aliphatic rings. The minimum Gasteiger partial charge on any atom is -0.391 e. The highest BCUT2D eigenvalue weighted by molar-refractivity contribution is 5.49. The van der Waals surface area contributed by atoms with Crippen LogP contribution in [-0.4, -0.2) is 23.5 Å². The highest BCUT2D eigenvalue weighted by atomic mass is 16.3. The first kappa shape index (κ1) is 11.9. The molecular weight excluding hydrogens is 190 g/mol. The topological polar surface area (TPSA) is 63.3 Å². The van der Waals surface area contributed by atoms with Gasteiger partial charge in [0.05, 0.1) is 6.10 Å². The number of rotatable bonds is 6. The van der Waals surface area contributed by atoms with E-state index in [4.69, 9.17) is 5.73 Å². The first-order valence-electron chi connectivity index (χ1n) is 5.15. The van der Waals surface area contributed by atoms with Crippen LogP contribution in [0.15, 0.2) is 30.3 Å². The van der Waals surface area contributed by atoms with Crippen molar-refractivity contribution in [1.82, 2.24) is 0 Å². The average molecular weight is 207 g/mol. The zero-order valence-electron chi connectivity index (χ0n) is 8.67. The summed E-state index contributed by atoms with van der Waals surface area (Å²) in [6.45, 7) is 0. The Labute approximate surface area is 89.9 Å². The van der Waals surface area contributed by atoms with Crippen LogP contribution < -0.4 is 5.73 Å². The fraction of sp³-hybridized carbons (Fsp3) is 0.417. The van der Waals surface area contributed by atoms with Crippen molar-refractivity contribution >= 4 is 6.29 Å². The second kappa shape index (κ2) is 6.32. The summed E-state index contributed by atoms with van der Waals surface area (Å²) in [6, 6.07) is 9.49. The van der Waals surface area contributed by atoms with Gasteiger partial charge in [0.1, 0.15) is 6.29 Å². The number of aliphatic hydroxyl groups excluding tert-OH is 1. The lowest BCUT2D eigenvalue weighted by atomic mass is 9.99. The Morgan fingerprint density at radius 3 is 2.60 bits per heavy atom. The lowest BCUT2D eigenvalue weighted by Gasteiger charge is -2.17. The number of aliphatic hydroxyl groups is 1. The number of nitrogens with two attached hydrogens (primary N) is 1. The van der Waals surface area contributed by atoms with Crippen molar-refractivity contribution in [3.05, 3.63) is 35.9 Å². The van der Waals surface area contributed by atoms with E-state index in [0.717, 1.165) is 11.8 Å². The van der Waals surface area contributed by atoms with E-state index in [1.807, 2.05) is 30.3 Å². The van der Waals surface area contributed by atoms with Crippen molar-refractivity contribution in [2.75, 3.05) is 0 Å². The third-order valence-electron chi connectivity index (χ3n) is 2.39. The Morgan fingerprint density at radius 2 is 2.00 bits per heavy atom. The van der Waals surface area contributed by atoms with Crippen LogP contribution in [-0.2, 0) is 11.2 Å². The van der Waals surface area contributed by atoms with E-state index in [1.165, 1.54) is 0 Å². The van der Waals surface area contributed by atoms with Crippen LogP contribution in [0.5, 0.6) is 0 Å². The van der Waals surface area contributed by atoms with E-state index in [1.54, 1.807) is 0 Å². The van der Waals surface area contributed by atoms with Crippen molar-refractivity contribution in [2.45, 2.75) is 31.4 Å². The summed E-state index contributed by atoms with van der Waals surface area (Å²) in [5.41, 5.74) is 6.93. The van der Waals surface area contributed by atoms with E-state index in [9.17, 15) is 9.90 Å². The maximum Gasteiger partial charge on any atom is 0.120 e. The molecule has 15 heavy (non-hydrogen) atoms. The van der Waals surface area contributed by atoms with Crippen LogP contribution in [0.2, 0.25) is 0 Å². The average Bonchev–Trinajstić information content (AvgIpc) is 2.27. The summed E-state index contributed by atoms with van der Waals surface area (Å²) in [6.07, 6.45) is 1.65. The first-order chi connectivity index (χ1) is 7.24. The standard InChI is InChI=1S/C12H17NO2/c13-11(12(15)7-4-8-14)9-10-5-2-1-3-6-10/h1-3,5-6,8,11-12,15H,4,7,9,13H2/t11-,12?/m0/s1. The predicted molar refractivity (Wildman–Crippen MR) is 59.4 cm³/mol. The number of benzene rings is 1. The number of carbonyl (C=O) groups is 1. The fourth-order valence-corrected chi connectivity index (χ4v) is 1.48. The van der Waals surface area contributed by atoms with Gasteiger partial charge < -0.3 is 15.6 Å². The van der Waals surface area contributed by atoms with Crippen molar-refractivity contribution in [3.8, 4) is 0 Å². The summed E-state index contributed by atoms with van der Waals surface area (Å²) in [5, 5.41) is 9.63. The zero-order valence-corrected chi connectivity index (χ0v) is 8.67. The second-order valence-electron chi connectivity index (χ2n) is 3.66. The molecule has 0 saturated carbocycles. The van der Waals surface area contributed by atoms with Gasteiger partial charge in [-0.3, -0.25) is 0 Å². The molecule has 1 aromatic rings. The number of aldehydes is 1. The Balaban J connectivity index is 2.41. The highest BCUT2D eigenvalue weighted by Gasteiger charge is 2.14. The van der Waals surface area contributed by atoms with E-state index in [2.05, 4.69) is 0 Å². The molecule has 0 radical (unpaired) electrons. The van der Waals surface area contributed by atoms with Gasteiger partial charge in [-0.25, -0.2) is 0 Å². The van der Waals surface area contributed by atoms with Crippen LogP contribution in [0.1, 0.15) is 18.4 Å². The van der Waals surface area contributed by atoms with Gasteiger partial charge in [-0.2, -0.15) is 0 Å². The summed E-state index contributed by atoms with van der Waals surface area (Å²) in [5.74, 6) is 0. The minimum absolute atomic E-state index is 0.299. The molecule has 3 heteroatoms. The number of hydrogen-bond acceptors (Lipinski definition) is 3. The summed E-state index contributed by atoms with van der Waals surface area (Å²) < 4.78 is 0. The van der Waals surface area contributed by atoms with Gasteiger partial charge in [-0.1, -0.05) is 30.3 Å². The molecule has 1 rings (SSSR count). The van der Waals surface area contributed by atoms with Crippen LogP contribution >= 0.6 is 0 Å².